The van der Waals surface area contributed by atoms with Gasteiger partial charge in [-0.1, -0.05) is 83.0 Å². The molecule has 0 bridgehead atoms. The van der Waals surface area contributed by atoms with Crippen molar-refractivity contribution in [3.05, 3.63) is 82.8 Å². The van der Waals surface area contributed by atoms with Crippen molar-refractivity contribution in [1.82, 2.24) is 0 Å². The van der Waals surface area contributed by atoms with E-state index in [-0.39, 0.29) is 18.3 Å². The molecular formula is C35H47Cl2OTi-. The van der Waals surface area contributed by atoms with Crippen molar-refractivity contribution in [2.45, 2.75) is 104 Å². The number of hydrogen-bond acceptors (Lipinski definition) is 1. The summed E-state index contributed by atoms with van der Waals surface area (Å²) in [6, 6.07) is 13.4. The zero-order valence-corrected chi connectivity index (χ0v) is 28.5. The van der Waals surface area contributed by atoms with E-state index in [0.29, 0.717) is 23.5 Å². The third-order valence-electron chi connectivity index (χ3n) is 9.32. The summed E-state index contributed by atoms with van der Waals surface area (Å²) >= 11 is -0.556. The molecular weight excluding hydrogens is 555 g/mol. The molecule has 2 aromatic rings. The van der Waals surface area contributed by atoms with Crippen LogP contribution in [0.3, 0.4) is 0 Å². The molecule has 2 aromatic carbocycles. The standard InChI is InChI=1S/C34H44O.CH3.2ClH.Ti/c1-20-24-14-11-15-25(24)21(2)29-17-22(16-28(20)29)26-12-9-10-13-27(26)30-18-23(33(3,4)5)19-31(32(30)35)34(6,7)8;;;;/h9-10,12-13,18-19,22,28-29,35H,11,14-17H2,1-8H3;1H3;2*1H;/q;-1;;;+2/p-2. The van der Waals surface area contributed by atoms with E-state index in [9.17, 15) is 5.11 Å². The zero-order valence-electron chi connectivity index (χ0n) is 25.4. The topological polar surface area (TPSA) is 20.2 Å². The molecule has 212 valence electrons. The fourth-order valence-corrected chi connectivity index (χ4v) is 7.25. The van der Waals surface area contributed by atoms with Crippen LogP contribution in [0.5, 0.6) is 5.75 Å². The second-order valence-corrected chi connectivity index (χ2v) is 16.2. The van der Waals surface area contributed by atoms with E-state index in [1.807, 2.05) is 0 Å². The van der Waals surface area contributed by atoms with Crippen molar-refractivity contribution >= 4 is 18.6 Å². The van der Waals surface area contributed by atoms with Gasteiger partial charge >= 0.3 is 35.6 Å². The quantitative estimate of drug-likeness (QED) is 0.268. The number of allylic oxidation sites excluding steroid dienone is 4. The van der Waals surface area contributed by atoms with Gasteiger partial charge in [0.25, 0.3) is 0 Å². The molecule has 0 amide bonds. The van der Waals surface area contributed by atoms with Crippen LogP contribution in [0.15, 0.2) is 58.7 Å². The first kappa shape index (κ1) is 32.5. The molecule has 39 heavy (non-hydrogen) atoms. The Morgan fingerprint density at radius 3 is 1.79 bits per heavy atom. The molecule has 1 N–H and O–H groups in total. The van der Waals surface area contributed by atoms with Crippen molar-refractivity contribution in [3.8, 4) is 16.9 Å². The number of aromatic hydroxyl groups is 1. The molecule has 0 aromatic heterocycles. The molecule has 0 spiro atoms. The van der Waals surface area contributed by atoms with Crippen LogP contribution in [0, 0.1) is 19.3 Å². The van der Waals surface area contributed by atoms with Crippen LogP contribution in [0.1, 0.15) is 110 Å². The van der Waals surface area contributed by atoms with Crippen LogP contribution in [-0.2, 0) is 27.9 Å². The van der Waals surface area contributed by atoms with E-state index in [0.717, 1.165) is 11.1 Å². The molecule has 0 saturated heterocycles. The van der Waals surface area contributed by atoms with Crippen LogP contribution < -0.4 is 0 Å². The van der Waals surface area contributed by atoms with Gasteiger partial charge in [0.2, 0.25) is 0 Å². The molecule has 3 aliphatic rings. The normalized spacial score (nSPS) is 22.6. The first-order chi connectivity index (χ1) is 17.8. The number of phenolic OH excluding ortho intramolecular Hbond substituents is 1. The van der Waals surface area contributed by atoms with Gasteiger partial charge in [0.05, 0.1) is 0 Å². The summed E-state index contributed by atoms with van der Waals surface area (Å²) in [5.74, 6) is 2.36. The van der Waals surface area contributed by atoms with Gasteiger partial charge in [0, 0.05) is 11.1 Å². The maximum absolute atomic E-state index is 11.6. The summed E-state index contributed by atoms with van der Waals surface area (Å²) in [4.78, 5) is 0. The van der Waals surface area contributed by atoms with Crippen LogP contribution >= 0.6 is 18.6 Å². The summed E-state index contributed by atoms with van der Waals surface area (Å²) < 4.78 is 0. The van der Waals surface area contributed by atoms with E-state index in [1.54, 1.807) is 22.3 Å². The Bertz CT molecular complexity index is 1220. The van der Waals surface area contributed by atoms with Crippen molar-refractivity contribution in [2.75, 3.05) is 0 Å². The fraction of sp³-hybridized carbons (Fsp3) is 0.514. The molecule has 2 saturated carbocycles. The first-order valence-corrected chi connectivity index (χ1v) is 18.4. The monoisotopic (exact) mass is 601 g/mol. The van der Waals surface area contributed by atoms with E-state index in [4.69, 9.17) is 18.6 Å². The molecule has 5 rings (SSSR count). The van der Waals surface area contributed by atoms with Crippen LogP contribution in [0.4, 0.5) is 0 Å². The number of halogens is 2. The predicted octanol–water partition coefficient (Wildman–Crippen LogP) is 11.4. The summed E-state index contributed by atoms with van der Waals surface area (Å²) in [7, 11) is 9.78. The average Bonchev–Trinajstić information content (AvgIpc) is 3.50. The van der Waals surface area contributed by atoms with Gasteiger partial charge in [-0.05, 0) is 108 Å². The Labute approximate surface area is 255 Å². The molecule has 1 nitrogen and oxygen atoms in total. The molecule has 2 atom stereocenters. The third-order valence-corrected chi connectivity index (χ3v) is 9.32. The Morgan fingerprint density at radius 2 is 1.31 bits per heavy atom. The summed E-state index contributed by atoms with van der Waals surface area (Å²) in [5.41, 5.74) is 12.6. The Morgan fingerprint density at radius 1 is 0.795 bits per heavy atom. The second kappa shape index (κ2) is 12.5. The number of benzene rings is 2. The van der Waals surface area contributed by atoms with Gasteiger partial charge in [-0.2, -0.15) is 0 Å². The molecule has 4 heteroatoms. The summed E-state index contributed by atoms with van der Waals surface area (Å²) in [5, 5.41) is 11.6. The Hall–Kier alpha value is -0.986. The van der Waals surface area contributed by atoms with Crippen molar-refractivity contribution in [1.29, 1.82) is 0 Å². The van der Waals surface area contributed by atoms with Gasteiger partial charge in [0.15, 0.2) is 0 Å². The number of phenols is 1. The predicted molar refractivity (Wildman–Crippen MR) is 167 cm³/mol. The summed E-state index contributed by atoms with van der Waals surface area (Å²) in [6.07, 6.45) is 6.36. The van der Waals surface area contributed by atoms with Crippen molar-refractivity contribution < 1.29 is 22.1 Å². The number of fused-ring (bicyclic) bond motifs is 2. The Balaban J connectivity index is 0.00000101. The maximum atomic E-state index is 11.6. The fourth-order valence-electron chi connectivity index (χ4n) is 7.25. The zero-order chi connectivity index (χ0) is 28.0. The van der Waals surface area contributed by atoms with Crippen LogP contribution in [-0.4, -0.2) is 5.11 Å². The number of rotatable bonds is 2. The van der Waals surface area contributed by atoms with E-state index < -0.39 is 17.0 Å². The van der Waals surface area contributed by atoms with Gasteiger partial charge in [-0.15, -0.1) is 0 Å². The number of hydrogen-bond donors (Lipinski definition) is 1. The minimum atomic E-state index is -0.556. The van der Waals surface area contributed by atoms with Crippen LogP contribution in [0.2, 0.25) is 0 Å². The Kier molecular flexibility index (Phi) is 10.4. The molecule has 0 radical (unpaired) electrons. The average molecular weight is 603 g/mol. The second-order valence-electron chi connectivity index (χ2n) is 13.6. The van der Waals surface area contributed by atoms with E-state index in [2.05, 4.69) is 91.8 Å². The van der Waals surface area contributed by atoms with E-state index in [1.165, 1.54) is 48.8 Å². The van der Waals surface area contributed by atoms with Crippen LogP contribution in [0.25, 0.3) is 11.1 Å². The van der Waals surface area contributed by atoms with Gasteiger partial charge in [-0.3, -0.25) is 0 Å². The van der Waals surface area contributed by atoms with Gasteiger partial charge in [0.1, 0.15) is 5.75 Å². The van der Waals surface area contributed by atoms with Gasteiger partial charge < -0.3 is 12.5 Å². The summed E-state index contributed by atoms with van der Waals surface area (Å²) in [6.45, 7) is 18.3. The molecule has 2 unspecified atom stereocenters. The minimum absolute atomic E-state index is 0. The van der Waals surface area contributed by atoms with Gasteiger partial charge in [-0.25, -0.2) is 0 Å². The third kappa shape index (κ3) is 6.43. The molecule has 2 fully saturated rings. The molecule has 0 heterocycles. The van der Waals surface area contributed by atoms with E-state index >= 15 is 0 Å². The van der Waals surface area contributed by atoms with Crippen molar-refractivity contribution in [3.63, 3.8) is 0 Å². The molecule has 0 aliphatic heterocycles. The molecule has 3 aliphatic carbocycles. The van der Waals surface area contributed by atoms with Crippen molar-refractivity contribution in [2.24, 2.45) is 11.8 Å². The SMILES string of the molecule is CC1=C2CCCC2=C(C)C2CC(c3ccccc3-c3cc(C(C)(C)C)cc(C(C)(C)C)c3O)CC12.[CH3-].[Cl][Ti][Cl]. The first-order valence-electron chi connectivity index (χ1n) is 14.1.